The maximum atomic E-state index is 13.3. The Morgan fingerprint density at radius 2 is 1.92 bits per heavy atom. The van der Waals surface area contributed by atoms with Crippen molar-refractivity contribution in [2.24, 2.45) is 5.10 Å². The summed E-state index contributed by atoms with van der Waals surface area (Å²) in [5.74, 6) is -0.0506. The summed E-state index contributed by atoms with van der Waals surface area (Å²) in [5.41, 5.74) is 12.5. The van der Waals surface area contributed by atoms with E-state index in [1.54, 1.807) is 6.21 Å². The molecule has 0 unspecified atom stereocenters. The Labute approximate surface area is 207 Å². The first-order chi connectivity index (χ1) is 17.7. The van der Waals surface area contributed by atoms with Crippen LogP contribution in [0.2, 0.25) is 0 Å². The predicted molar refractivity (Wildman–Crippen MR) is 144 cm³/mol. The second-order valence-electron chi connectivity index (χ2n) is 9.10. The molecular weight excluding hydrogens is 450 g/mol. The summed E-state index contributed by atoms with van der Waals surface area (Å²) >= 11 is 0. The smallest absolute Gasteiger partial charge is 0.257 e. The van der Waals surface area contributed by atoms with Gasteiger partial charge in [-0.1, -0.05) is 42.0 Å². The number of amides is 1. The molecule has 0 saturated heterocycles. The number of nitrogens with one attached hydrogen (secondary N) is 2. The van der Waals surface area contributed by atoms with E-state index in [0.29, 0.717) is 34.3 Å². The van der Waals surface area contributed by atoms with Crippen LogP contribution in [0.4, 0.5) is 5.82 Å². The zero-order valence-electron chi connectivity index (χ0n) is 19.9. The molecule has 36 heavy (non-hydrogen) atoms. The minimum absolute atomic E-state index is 0.214. The number of anilines is 1. The van der Waals surface area contributed by atoms with Crippen molar-refractivity contribution >= 4 is 51.0 Å². The summed E-state index contributed by atoms with van der Waals surface area (Å²) < 4.78 is 1.51. The molecule has 1 aliphatic rings. The maximum Gasteiger partial charge on any atom is 0.257 e. The van der Waals surface area contributed by atoms with Gasteiger partial charge in [0.05, 0.1) is 17.2 Å². The largest absolute Gasteiger partial charge is 0.383 e. The molecule has 5 aromatic rings. The van der Waals surface area contributed by atoms with Gasteiger partial charge in [-0.25, -0.2) is 9.97 Å². The summed E-state index contributed by atoms with van der Waals surface area (Å²) in [7, 11) is 0. The number of rotatable bonds is 6. The van der Waals surface area contributed by atoms with Gasteiger partial charge in [0.25, 0.3) is 5.91 Å². The van der Waals surface area contributed by atoms with E-state index in [9.17, 15) is 4.79 Å². The van der Waals surface area contributed by atoms with Gasteiger partial charge in [-0.2, -0.15) is 9.78 Å². The number of fused-ring (bicyclic) bond motifs is 3. The Kier molecular flexibility index (Phi) is 5.69. The van der Waals surface area contributed by atoms with Crippen LogP contribution in [0.5, 0.6) is 0 Å². The van der Waals surface area contributed by atoms with Gasteiger partial charge in [-0.15, -0.1) is 0 Å². The molecule has 180 valence electrons. The number of allylic oxidation sites excluding steroid dienone is 1. The summed E-state index contributed by atoms with van der Waals surface area (Å²) in [6, 6.07) is 15.6. The van der Waals surface area contributed by atoms with Crippen LogP contribution in [0.3, 0.4) is 0 Å². The number of para-hydroxylation sites is 3. The summed E-state index contributed by atoms with van der Waals surface area (Å²) in [6.07, 6.45) is 11.5. The molecule has 1 aliphatic carbocycles. The van der Waals surface area contributed by atoms with Crippen molar-refractivity contribution in [1.82, 2.24) is 24.9 Å². The number of benzene rings is 2. The third-order valence-corrected chi connectivity index (χ3v) is 6.75. The highest BCUT2D eigenvalue weighted by Gasteiger charge is 2.24. The first-order valence-corrected chi connectivity index (χ1v) is 12.3. The molecule has 2 aromatic carbocycles. The monoisotopic (exact) mass is 477 g/mol. The van der Waals surface area contributed by atoms with Crippen LogP contribution in [0.25, 0.3) is 33.1 Å². The minimum atomic E-state index is -0.264. The lowest BCUT2D eigenvalue weighted by molar-refractivity contribution is 0.0956. The lowest BCUT2D eigenvalue weighted by Gasteiger charge is -2.12. The SMILES string of the molecule is Nc1c(C(=O)NCCC2=CCCCC2)c2nc3ccccc3nc2n1/N=C/c1c[nH]c2ccccc12. The number of nitrogens with zero attached hydrogens (tertiary/aromatic N) is 4. The standard InChI is InChI=1S/C28H27N7O/c29-26-24(28(36)30-15-14-18-8-2-1-3-9-18)25-27(34-23-13-7-6-12-22(23)33-25)35(26)32-17-19-16-31-21-11-5-4-10-20(19)21/h4-8,10-13,16-17,31H,1-3,9,14-15,29H2,(H,30,36)/b32-17+. The molecule has 0 fully saturated rings. The van der Waals surface area contributed by atoms with E-state index in [2.05, 4.69) is 21.5 Å². The lowest BCUT2D eigenvalue weighted by atomic mass is 9.97. The molecule has 0 aliphatic heterocycles. The molecule has 3 aromatic heterocycles. The first kappa shape index (κ1) is 22.0. The Balaban J connectivity index is 1.39. The third kappa shape index (κ3) is 4.00. The van der Waals surface area contributed by atoms with Gasteiger partial charge in [0.2, 0.25) is 0 Å². The molecule has 8 heteroatoms. The fraction of sp³-hybridized carbons (Fsp3) is 0.214. The summed E-state index contributed by atoms with van der Waals surface area (Å²) in [5, 5.41) is 8.73. The fourth-order valence-corrected chi connectivity index (χ4v) is 4.87. The Morgan fingerprint density at radius 3 is 2.75 bits per heavy atom. The van der Waals surface area contributed by atoms with Gasteiger partial charge in [-0.05, 0) is 50.3 Å². The number of carbonyl (C=O) groups is 1. The number of nitrogen functional groups attached to an aromatic ring is 1. The Hall–Kier alpha value is -4.46. The van der Waals surface area contributed by atoms with E-state index in [1.165, 1.54) is 23.1 Å². The molecule has 0 spiro atoms. The molecule has 0 atom stereocenters. The molecule has 3 heterocycles. The van der Waals surface area contributed by atoms with Crippen molar-refractivity contribution in [3.8, 4) is 0 Å². The molecule has 1 amide bonds. The van der Waals surface area contributed by atoms with Gasteiger partial charge in [-0.3, -0.25) is 4.79 Å². The molecule has 0 radical (unpaired) electrons. The average molecular weight is 478 g/mol. The van der Waals surface area contributed by atoms with Crippen molar-refractivity contribution < 1.29 is 4.79 Å². The van der Waals surface area contributed by atoms with Crippen molar-refractivity contribution in [2.75, 3.05) is 12.3 Å². The van der Waals surface area contributed by atoms with E-state index < -0.39 is 0 Å². The second kappa shape index (κ2) is 9.30. The number of aromatic nitrogens is 4. The number of hydrogen-bond acceptors (Lipinski definition) is 5. The zero-order chi connectivity index (χ0) is 24.5. The molecule has 0 bridgehead atoms. The van der Waals surface area contributed by atoms with Gasteiger partial charge in [0.1, 0.15) is 16.9 Å². The van der Waals surface area contributed by atoms with Crippen molar-refractivity contribution in [1.29, 1.82) is 0 Å². The van der Waals surface area contributed by atoms with Crippen LogP contribution in [0, 0.1) is 0 Å². The van der Waals surface area contributed by atoms with Crippen LogP contribution >= 0.6 is 0 Å². The number of carbonyl (C=O) groups excluding carboxylic acids is 1. The van der Waals surface area contributed by atoms with Crippen LogP contribution in [0.1, 0.15) is 48.0 Å². The fourth-order valence-electron chi connectivity index (χ4n) is 4.87. The van der Waals surface area contributed by atoms with Crippen LogP contribution in [-0.4, -0.2) is 38.3 Å². The van der Waals surface area contributed by atoms with Crippen molar-refractivity contribution in [3.63, 3.8) is 0 Å². The van der Waals surface area contributed by atoms with Gasteiger partial charge >= 0.3 is 0 Å². The maximum absolute atomic E-state index is 13.3. The highest BCUT2D eigenvalue weighted by Crippen LogP contribution is 2.28. The number of nitrogens with two attached hydrogens (primary N) is 1. The van der Waals surface area contributed by atoms with E-state index in [0.717, 1.165) is 35.7 Å². The van der Waals surface area contributed by atoms with Crippen LogP contribution < -0.4 is 11.1 Å². The highest BCUT2D eigenvalue weighted by molar-refractivity contribution is 6.11. The topological polar surface area (TPSA) is 114 Å². The van der Waals surface area contributed by atoms with Gasteiger partial charge in [0.15, 0.2) is 5.65 Å². The van der Waals surface area contributed by atoms with Gasteiger partial charge < -0.3 is 16.0 Å². The van der Waals surface area contributed by atoms with Crippen molar-refractivity contribution in [2.45, 2.75) is 32.1 Å². The normalized spacial score (nSPS) is 14.2. The lowest BCUT2D eigenvalue weighted by Crippen LogP contribution is -2.25. The Morgan fingerprint density at radius 1 is 1.11 bits per heavy atom. The third-order valence-electron chi connectivity index (χ3n) is 6.75. The highest BCUT2D eigenvalue weighted by atomic mass is 16.1. The predicted octanol–water partition coefficient (Wildman–Crippen LogP) is 5.15. The number of hydrogen-bond donors (Lipinski definition) is 3. The molecule has 8 nitrogen and oxygen atoms in total. The molecular formula is C28H27N7O. The summed E-state index contributed by atoms with van der Waals surface area (Å²) in [6.45, 7) is 0.552. The molecule has 6 rings (SSSR count). The first-order valence-electron chi connectivity index (χ1n) is 12.3. The minimum Gasteiger partial charge on any atom is -0.383 e. The van der Waals surface area contributed by atoms with E-state index in [-0.39, 0.29) is 11.7 Å². The van der Waals surface area contributed by atoms with Gasteiger partial charge in [0, 0.05) is 29.2 Å². The van der Waals surface area contributed by atoms with E-state index >= 15 is 0 Å². The molecule has 0 saturated carbocycles. The average Bonchev–Trinajstić information content (AvgIpc) is 3.44. The molecule has 4 N–H and O–H groups in total. The number of aromatic amines is 1. The number of H-pyrrole nitrogens is 1. The van der Waals surface area contributed by atoms with Crippen LogP contribution in [-0.2, 0) is 0 Å². The second-order valence-corrected chi connectivity index (χ2v) is 9.10. The summed E-state index contributed by atoms with van der Waals surface area (Å²) in [4.78, 5) is 26.1. The van der Waals surface area contributed by atoms with Crippen molar-refractivity contribution in [3.05, 3.63) is 77.5 Å². The van der Waals surface area contributed by atoms with E-state index in [4.69, 9.17) is 15.7 Å². The van der Waals surface area contributed by atoms with Crippen LogP contribution in [0.15, 0.2) is 71.5 Å². The Bertz CT molecular complexity index is 1660. The quantitative estimate of drug-likeness (QED) is 0.232. The van der Waals surface area contributed by atoms with E-state index in [1.807, 2.05) is 54.7 Å². The zero-order valence-corrected chi connectivity index (χ0v) is 19.9.